The fourth-order valence-corrected chi connectivity index (χ4v) is 8.61. The molecule has 1 aliphatic heterocycles. The molecule has 3 unspecified atom stereocenters. The highest BCUT2D eigenvalue weighted by Crippen LogP contribution is 2.68. The Morgan fingerprint density at radius 2 is 1.94 bits per heavy atom. The molecule has 8 atom stereocenters. The molecule has 2 saturated carbocycles. The monoisotopic (exact) mass is 642 g/mol. The quantitative estimate of drug-likeness (QED) is 0.133. The van der Waals surface area contributed by atoms with E-state index in [4.69, 9.17) is 24.2 Å². The zero-order chi connectivity index (χ0) is 33.7. The van der Waals surface area contributed by atoms with Crippen molar-refractivity contribution >= 4 is 17.6 Å². The molecule has 0 amide bonds. The normalized spacial score (nSPS) is 32.3. The van der Waals surface area contributed by atoms with Crippen molar-refractivity contribution in [1.29, 1.82) is 0 Å². The number of hydrogen-bond acceptors (Lipinski definition) is 10. The molecule has 0 saturated heterocycles. The van der Waals surface area contributed by atoms with Gasteiger partial charge in [0.2, 0.25) is 0 Å². The Labute approximate surface area is 271 Å². The second kappa shape index (κ2) is 11.8. The molecule has 2 aliphatic carbocycles. The minimum Gasteiger partial charge on any atom is -0.482 e. The Kier molecular flexibility index (Phi) is 8.14. The van der Waals surface area contributed by atoms with E-state index in [0.717, 1.165) is 6.42 Å². The van der Waals surface area contributed by atoms with E-state index in [1.165, 1.54) is 31.2 Å². The Balaban J connectivity index is 1.47. The summed E-state index contributed by atoms with van der Waals surface area (Å²) in [5.41, 5.74) is 6.76. The molecule has 3 heterocycles. The van der Waals surface area contributed by atoms with Crippen LogP contribution < -0.4 is 10.4 Å². The lowest BCUT2D eigenvalue weighted by molar-refractivity contribution is -0.257. The number of benzene rings is 1. The van der Waals surface area contributed by atoms with Crippen molar-refractivity contribution < 1.29 is 33.3 Å². The maximum atomic E-state index is 13.7. The number of ether oxygens (including phenoxy) is 3. The van der Waals surface area contributed by atoms with Gasteiger partial charge in [0.15, 0.2) is 0 Å². The molecule has 12 heteroatoms. The fraction of sp³-hybridized carbons (Fsp3) is 0.486. The van der Waals surface area contributed by atoms with Crippen molar-refractivity contribution in [2.45, 2.75) is 71.7 Å². The number of aliphatic hydroxyl groups is 1. The number of esters is 2. The molecule has 2 fully saturated rings. The molecule has 3 aliphatic rings. The predicted molar refractivity (Wildman–Crippen MR) is 169 cm³/mol. The highest BCUT2D eigenvalue weighted by Gasteiger charge is 2.70. The summed E-state index contributed by atoms with van der Waals surface area (Å²) in [4.78, 5) is 46.2. The summed E-state index contributed by atoms with van der Waals surface area (Å²) in [6, 6.07) is 11.1. The van der Waals surface area contributed by atoms with Gasteiger partial charge in [-0.2, -0.15) is 0 Å². The first-order chi connectivity index (χ1) is 22.3. The van der Waals surface area contributed by atoms with Crippen LogP contribution in [0.4, 0.5) is 5.69 Å². The van der Waals surface area contributed by atoms with Gasteiger partial charge < -0.3 is 23.7 Å². The molecule has 47 heavy (non-hydrogen) atoms. The van der Waals surface area contributed by atoms with E-state index in [9.17, 15) is 19.5 Å². The first-order valence-corrected chi connectivity index (χ1v) is 15.8. The summed E-state index contributed by atoms with van der Waals surface area (Å²) < 4.78 is 24.4. The second-order valence-electron chi connectivity index (χ2n) is 13.8. The second-order valence-corrected chi connectivity index (χ2v) is 13.8. The molecular weight excluding hydrogens is 604 g/mol. The summed E-state index contributed by atoms with van der Waals surface area (Å²) in [6.07, 6.45) is 2.81. The van der Waals surface area contributed by atoms with Crippen LogP contribution in [0.25, 0.3) is 21.8 Å². The maximum Gasteiger partial charge on any atom is 0.345 e. The van der Waals surface area contributed by atoms with Gasteiger partial charge in [-0.05, 0) is 73.2 Å². The molecule has 1 N–H and O–H groups in total. The van der Waals surface area contributed by atoms with Gasteiger partial charge in [-0.1, -0.05) is 38.0 Å². The number of rotatable bonds is 6. The molecular formula is C35H38N4O8. The SMILES string of the molecule is CC(=O)OC[C@@]1(C)C2C[C@H](OC(=O)c3ccc(N=[N+]=[N-])cc3)[C@@]3(C)Oc4cc(-c5cccnc5)oc(=O)c4C(O)C3[C@@]2(C)CC[C@@H]1C. The van der Waals surface area contributed by atoms with Crippen LogP contribution in [-0.4, -0.2) is 40.3 Å². The molecule has 6 rings (SSSR count). The lowest BCUT2D eigenvalue weighted by Gasteiger charge is -2.66. The standard InChI is InChI=1S/C35H38N4O8/c1-19-12-13-33(3)26(34(19,4)18-44-20(2)40)16-27(46-31(42)21-8-10-23(11-9-21)38-39-36)35(5)30(33)29(41)28-25(47-35)15-24(45-32(28)43)22-7-6-14-37-17-22/h6-11,14-15,17,19,26-27,29-30,41H,12-13,16,18H2,1-5H3/t19-,26?,27-,29?,30?,33-,34+,35+/m0/s1. The predicted octanol–water partition coefficient (Wildman–Crippen LogP) is 6.70. The number of hydrogen-bond donors (Lipinski definition) is 1. The molecule has 12 nitrogen and oxygen atoms in total. The highest BCUT2D eigenvalue weighted by atomic mass is 16.6. The van der Waals surface area contributed by atoms with Crippen molar-refractivity contribution in [3.05, 3.63) is 86.8 Å². The van der Waals surface area contributed by atoms with Gasteiger partial charge in [0.25, 0.3) is 0 Å². The van der Waals surface area contributed by atoms with E-state index in [1.54, 1.807) is 30.6 Å². The summed E-state index contributed by atoms with van der Waals surface area (Å²) >= 11 is 0. The van der Waals surface area contributed by atoms with Crippen molar-refractivity contribution in [3.63, 3.8) is 0 Å². The van der Waals surface area contributed by atoms with Crippen molar-refractivity contribution in [3.8, 4) is 17.1 Å². The van der Waals surface area contributed by atoms with Crippen LogP contribution in [0.1, 0.15) is 75.9 Å². The minimum absolute atomic E-state index is 0.0148. The maximum absolute atomic E-state index is 13.7. The van der Waals surface area contributed by atoms with Crippen LogP contribution >= 0.6 is 0 Å². The molecule has 246 valence electrons. The number of aliphatic hydroxyl groups excluding tert-OH is 1. The summed E-state index contributed by atoms with van der Waals surface area (Å²) in [5.74, 6) is -1.41. The van der Waals surface area contributed by atoms with E-state index in [1.807, 2.05) is 6.92 Å². The van der Waals surface area contributed by atoms with Gasteiger partial charge in [-0.15, -0.1) is 0 Å². The third kappa shape index (κ3) is 5.35. The van der Waals surface area contributed by atoms with Gasteiger partial charge in [-0.3, -0.25) is 9.78 Å². The number of azide groups is 1. The van der Waals surface area contributed by atoms with Crippen LogP contribution in [-0.2, 0) is 14.3 Å². The number of nitrogens with zero attached hydrogens (tertiary/aromatic N) is 4. The third-order valence-corrected chi connectivity index (χ3v) is 11.2. The van der Waals surface area contributed by atoms with E-state index in [2.05, 4.69) is 35.8 Å². The summed E-state index contributed by atoms with van der Waals surface area (Å²) in [7, 11) is 0. The number of carbonyl (C=O) groups excluding carboxylic acids is 2. The van der Waals surface area contributed by atoms with Crippen molar-refractivity contribution in [1.82, 2.24) is 4.98 Å². The lowest BCUT2D eigenvalue weighted by Crippen LogP contribution is -2.70. The van der Waals surface area contributed by atoms with E-state index < -0.39 is 52.1 Å². The molecule has 0 spiro atoms. The zero-order valence-electron chi connectivity index (χ0n) is 27.0. The number of pyridine rings is 1. The number of carbonyl (C=O) groups is 2. The van der Waals surface area contributed by atoms with Crippen LogP contribution in [0, 0.1) is 28.6 Å². The molecule has 2 aromatic heterocycles. The van der Waals surface area contributed by atoms with Gasteiger partial charge in [0.05, 0.1) is 18.3 Å². The highest BCUT2D eigenvalue weighted by molar-refractivity contribution is 5.90. The fourth-order valence-electron chi connectivity index (χ4n) is 8.61. The van der Waals surface area contributed by atoms with Crippen molar-refractivity contribution in [2.75, 3.05) is 6.61 Å². The van der Waals surface area contributed by atoms with Gasteiger partial charge >= 0.3 is 17.6 Å². The number of fused-ring (bicyclic) bond motifs is 4. The first-order valence-electron chi connectivity index (χ1n) is 15.8. The van der Waals surface area contributed by atoms with E-state index in [-0.39, 0.29) is 41.1 Å². The lowest BCUT2D eigenvalue weighted by atomic mass is 9.41. The van der Waals surface area contributed by atoms with E-state index >= 15 is 0 Å². The van der Waals surface area contributed by atoms with Crippen LogP contribution in [0.2, 0.25) is 0 Å². The summed E-state index contributed by atoms with van der Waals surface area (Å²) in [5, 5.41) is 15.8. The Morgan fingerprint density at radius 3 is 2.60 bits per heavy atom. The smallest absolute Gasteiger partial charge is 0.345 e. The van der Waals surface area contributed by atoms with Crippen LogP contribution in [0.5, 0.6) is 5.75 Å². The average Bonchev–Trinajstić information content (AvgIpc) is 3.03. The topological polar surface area (TPSA) is 174 Å². The van der Waals surface area contributed by atoms with Crippen molar-refractivity contribution in [2.24, 2.45) is 33.7 Å². The average molecular weight is 643 g/mol. The van der Waals surface area contributed by atoms with Gasteiger partial charge in [0, 0.05) is 52.9 Å². The third-order valence-electron chi connectivity index (χ3n) is 11.2. The van der Waals surface area contributed by atoms with Gasteiger partial charge in [0.1, 0.15) is 28.8 Å². The Hall–Kier alpha value is -4.67. The largest absolute Gasteiger partial charge is 0.482 e. The van der Waals surface area contributed by atoms with Crippen LogP contribution in [0.15, 0.2) is 69.2 Å². The van der Waals surface area contributed by atoms with Crippen LogP contribution in [0.3, 0.4) is 0 Å². The van der Waals surface area contributed by atoms with E-state index in [0.29, 0.717) is 24.1 Å². The summed E-state index contributed by atoms with van der Waals surface area (Å²) in [6.45, 7) is 9.65. The van der Waals surface area contributed by atoms with Gasteiger partial charge in [-0.25, -0.2) is 9.59 Å². The molecule has 3 aromatic rings. The minimum atomic E-state index is -1.31. The first kappa shape index (κ1) is 32.3. The zero-order valence-corrected chi connectivity index (χ0v) is 27.0. The number of aromatic nitrogens is 1. The molecule has 0 radical (unpaired) electrons. The molecule has 0 bridgehead atoms. The molecule has 1 aromatic carbocycles. The Bertz CT molecular complexity index is 1810. The Morgan fingerprint density at radius 1 is 1.19 bits per heavy atom.